The number of rotatable bonds is 4. The smallest absolute Gasteiger partial charge is 0.274 e. The average Bonchev–Trinajstić information content (AvgIpc) is 2.41. The number of thioether (sulfide) groups is 1. The quantitative estimate of drug-likeness (QED) is 0.904. The number of hydrogen-bond donors (Lipinski definition) is 2. The zero-order chi connectivity index (χ0) is 14.5. The number of anilines is 1. The molecule has 0 aliphatic carbocycles. The summed E-state index contributed by atoms with van der Waals surface area (Å²) in [4.78, 5) is 30.1. The minimum Gasteiger partial charge on any atom is -0.321 e. The van der Waals surface area contributed by atoms with E-state index in [2.05, 4.69) is 15.3 Å². The van der Waals surface area contributed by atoms with Gasteiger partial charge in [-0.2, -0.15) is 11.8 Å². The number of aromatic nitrogens is 2. The Labute approximate surface area is 118 Å². The molecular formula is C13H12FN3O2S. The molecule has 1 aromatic carbocycles. The van der Waals surface area contributed by atoms with E-state index >= 15 is 0 Å². The maximum absolute atomic E-state index is 12.8. The van der Waals surface area contributed by atoms with E-state index in [1.807, 2.05) is 6.26 Å². The molecule has 2 rings (SSSR count). The number of nitrogens with zero attached hydrogens (tertiary/aromatic N) is 1. The van der Waals surface area contributed by atoms with Crippen LogP contribution in [-0.4, -0.2) is 22.1 Å². The highest BCUT2D eigenvalue weighted by Gasteiger charge is 2.10. The molecule has 5 nitrogen and oxygen atoms in total. The van der Waals surface area contributed by atoms with E-state index in [1.165, 1.54) is 36.0 Å². The van der Waals surface area contributed by atoms with Crippen molar-refractivity contribution < 1.29 is 9.18 Å². The van der Waals surface area contributed by atoms with Crippen molar-refractivity contribution in [3.05, 3.63) is 58.0 Å². The lowest BCUT2D eigenvalue weighted by Gasteiger charge is -2.05. The molecule has 0 aliphatic heterocycles. The molecule has 104 valence electrons. The molecule has 0 fully saturated rings. The van der Waals surface area contributed by atoms with Gasteiger partial charge in [-0.1, -0.05) is 0 Å². The van der Waals surface area contributed by atoms with Crippen molar-refractivity contribution in [2.75, 3.05) is 11.6 Å². The van der Waals surface area contributed by atoms with Gasteiger partial charge >= 0.3 is 0 Å². The lowest BCUT2D eigenvalue weighted by molar-refractivity contribution is 0.102. The summed E-state index contributed by atoms with van der Waals surface area (Å²) in [5, 5.41) is 2.55. The lowest BCUT2D eigenvalue weighted by Crippen LogP contribution is -2.20. The van der Waals surface area contributed by atoms with Crippen molar-refractivity contribution in [1.82, 2.24) is 9.97 Å². The van der Waals surface area contributed by atoms with Gasteiger partial charge in [-0.3, -0.25) is 9.59 Å². The summed E-state index contributed by atoms with van der Waals surface area (Å²) in [6.07, 6.45) is 1.87. The van der Waals surface area contributed by atoms with Crippen LogP contribution >= 0.6 is 11.8 Å². The molecule has 1 heterocycles. The number of nitrogens with one attached hydrogen (secondary N) is 2. The van der Waals surface area contributed by atoms with Gasteiger partial charge in [0.1, 0.15) is 17.3 Å². The zero-order valence-corrected chi connectivity index (χ0v) is 11.5. The van der Waals surface area contributed by atoms with Gasteiger partial charge in [0.05, 0.1) is 5.75 Å². The number of H-pyrrole nitrogens is 1. The molecule has 0 atom stereocenters. The first-order valence-corrected chi connectivity index (χ1v) is 7.14. The molecule has 0 radical (unpaired) electrons. The van der Waals surface area contributed by atoms with Crippen LogP contribution in [0.5, 0.6) is 0 Å². The molecule has 0 aliphatic rings. The molecule has 2 aromatic rings. The number of carbonyl (C=O) groups excluding carboxylic acids is 1. The van der Waals surface area contributed by atoms with Gasteiger partial charge in [-0.25, -0.2) is 9.37 Å². The van der Waals surface area contributed by atoms with Crippen LogP contribution in [0.1, 0.15) is 16.3 Å². The first kappa shape index (κ1) is 14.3. The van der Waals surface area contributed by atoms with Crippen LogP contribution in [-0.2, 0) is 5.75 Å². The maximum atomic E-state index is 12.8. The Morgan fingerprint density at radius 3 is 2.75 bits per heavy atom. The fraction of sp³-hybridized carbons (Fsp3) is 0.154. The summed E-state index contributed by atoms with van der Waals surface area (Å²) in [6, 6.07) is 6.47. The van der Waals surface area contributed by atoms with Crippen LogP contribution in [0, 0.1) is 5.82 Å². The predicted molar refractivity (Wildman–Crippen MR) is 76.4 cm³/mol. The third-order valence-corrected chi connectivity index (χ3v) is 2.97. The van der Waals surface area contributed by atoms with Crippen LogP contribution in [0.15, 0.2) is 35.1 Å². The Morgan fingerprint density at radius 2 is 2.10 bits per heavy atom. The van der Waals surface area contributed by atoms with E-state index in [9.17, 15) is 14.0 Å². The second-order valence-electron chi connectivity index (χ2n) is 3.97. The van der Waals surface area contributed by atoms with E-state index in [0.717, 1.165) is 6.07 Å². The minimum absolute atomic E-state index is 0.0297. The summed E-state index contributed by atoms with van der Waals surface area (Å²) < 4.78 is 12.8. The topological polar surface area (TPSA) is 74.8 Å². The Hall–Kier alpha value is -2.15. The number of hydrogen-bond acceptors (Lipinski definition) is 4. The fourth-order valence-electron chi connectivity index (χ4n) is 1.56. The molecule has 7 heteroatoms. The van der Waals surface area contributed by atoms with Crippen molar-refractivity contribution >= 4 is 23.4 Å². The van der Waals surface area contributed by atoms with Gasteiger partial charge in [0.25, 0.3) is 11.5 Å². The fourth-order valence-corrected chi connectivity index (χ4v) is 1.97. The monoisotopic (exact) mass is 293 g/mol. The molecule has 1 aromatic heterocycles. The predicted octanol–water partition coefficient (Wildman–Crippen LogP) is 2.02. The number of benzene rings is 1. The lowest BCUT2D eigenvalue weighted by atomic mass is 10.3. The van der Waals surface area contributed by atoms with Crippen LogP contribution in [0.2, 0.25) is 0 Å². The highest BCUT2D eigenvalue weighted by atomic mass is 32.2. The first-order valence-electron chi connectivity index (χ1n) is 5.74. The summed E-state index contributed by atoms with van der Waals surface area (Å²) >= 11 is 1.48. The van der Waals surface area contributed by atoms with Crippen LogP contribution in [0.25, 0.3) is 0 Å². The Bertz CT molecular complexity index is 670. The van der Waals surface area contributed by atoms with Crippen molar-refractivity contribution in [1.29, 1.82) is 0 Å². The van der Waals surface area contributed by atoms with Gasteiger partial charge in [-0.05, 0) is 30.5 Å². The molecular weight excluding hydrogens is 281 g/mol. The van der Waals surface area contributed by atoms with Crippen LogP contribution in [0.3, 0.4) is 0 Å². The SMILES string of the molecule is CSCc1nc(C(=O)Nc2ccc(F)cc2)cc(=O)[nH]1. The van der Waals surface area contributed by atoms with Gasteiger partial charge < -0.3 is 10.3 Å². The first-order chi connectivity index (χ1) is 9.58. The number of aromatic amines is 1. The summed E-state index contributed by atoms with van der Waals surface area (Å²) in [5.74, 6) is 0.0475. The van der Waals surface area contributed by atoms with Gasteiger partial charge in [0, 0.05) is 11.8 Å². The summed E-state index contributed by atoms with van der Waals surface area (Å²) in [7, 11) is 0. The van der Waals surface area contributed by atoms with E-state index in [4.69, 9.17) is 0 Å². The van der Waals surface area contributed by atoms with E-state index in [-0.39, 0.29) is 17.1 Å². The van der Waals surface area contributed by atoms with Gasteiger partial charge in [-0.15, -0.1) is 0 Å². The Balaban J connectivity index is 2.20. The molecule has 0 saturated heterocycles. The number of amides is 1. The highest BCUT2D eigenvalue weighted by molar-refractivity contribution is 7.97. The second-order valence-corrected chi connectivity index (χ2v) is 4.84. The average molecular weight is 293 g/mol. The minimum atomic E-state index is -0.509. The molecule has 20 heavy (non-hydrogen) atoms. The molecule has 0 saturated carbocycles. The van der Waals surface area contributed by atoms with Crippen molar-refractivity contribution in [2.24, 2.45) is 0 Å². The van der Waals surface area contributed by atoms with E-state index in [1.54, 1.807) is 0 Å². The third-order valence-electron chi connectivity index (χ3n) is 2.41. The Morgan fingerprint density at radius 1 is 1.40 bits per heavy atom. The van der Waals surface area contributed by atoms with Crippen LogP contribution in [0.4, 0.5) is 10.1 Å². The second kappa shape index (κ2) is 6.33. The van der Waals surface area contributed by atoms with Crippen LogP contribution < -0.4 is 10.9 Å². The molecule has 0 bridgehead atoms. The molecule has 1 amide bonds. The normalized spacial score (nSPS) is 10.3. The van der Waals surface area contributed by atoms with Gasteiger partial charge in [0.2, 0.25) is 0 Å². The summed E-state index contributed by atoms with van der Waals surface area (Å²) in [6.45, 7) is 0. The van der Waals surface area contributed by atoms with Crippen molar-refractivity contribution in [3.63, 3.8) is 0 Å². The molecule has 2 N–H and O–H groups in total. The maximum Gasteiger partial charge on any atom is 0.274 e. The highest BCUT2D eigenvalue weighted by Crippen LogP contribution is 2.10. The Kier molecular flexibility index (Phi) is 4.52. The third kappa shape index (κ3) is 3.67. The van der Waals surface area contributed by atoms with Crippen molar-refractivity contribution in [3.8, 4) is 0 Å². The molecule has 0 unspecified atom stereocenters. The van der Waals surface area contributed by atoms with Crippen molar-refractivity contribution in [2.45, 2.75) is 5.75 Å². The summed E-state index contributed by atoms with van der Waals surface area (Å²) in [5.41, 5.74) is 0.0836. The molecule has 0 spiro atoms. The van der Waals surface area contributed by atoms with E-state index < -0.39 is 5.91 Å². The van der Waals surface area contributed by atoms with E-state index in [0.29, 0.717) is 17.3 Å². The number of halogens is 1. The number of carbonyl (C=O) groups is 1. The largest absolute Gasteiger partial charge is 0.321 e. The zero-order valence-electron chi connectivity index (χ0n) is 10.6. The van der Waals surface area contributed by atoms with Gasteiger partial charge in [0.15, 0.2) is 0 Å². The standard InChI is InChI=1S/C13H12FN3O2S/c1-20-7-11-16-10(6-12(18)17-11)13(19)15-9-4-2-8(14)3-5-9/h2-6H,7H2,1H3,(H,15,19)(H,16,17,18).